The number of thioether (sulfide) groups is 1. The average Bonchev–Trinajstić information content (AvgIpc) is 2.37. The minimum Gasteiger partial charge on any atom is -0.165 e. The van der Waals surface area contributed by atoms with Crippen LogP contribution < -0.4 is 0 Å². The first-order valence-corrected chi connectivity index (χ1v) is 6.29. The van der Waals surface area contributed by atoms with Gasteiger partial charge in [-0.3, -0.25) is 0 Å². The van der Waals surface area contributed by atoms with Gasteiger partial charge in [-0.1, -0.05) is 0 Å². The van der Waals surface area contributed by atoms with Crippen LogP contribution in [0.3, 0.4) is 0 Å². The molecule has 0 aromatic rings. The largest absolute Gasteiger partial charge is 0.165 e. The number of alkyl halides is 1. The van der Waals surface area contributed by atoms with E-state index in [1.807, 2.05) is 11.8 Å². The maximum absolute atomic E-state index is 6.01. The Morgan fingerprint density at radius 2 is 2.27 bits per heavy atom. The summed E-state index contributed by atoms with van der Waals surface area (Å²) in [5, 5.41) is 0.495. The zero-order valence-electron chi connectivity index (χ0n) is 7.18. The predicted octanol–water partition coefficient (Wildman–Crippen LogP) is 3.54. The Bertz CT molecular complexity index is 106. The molecular weight excluding hydrogens is 176 g/mol. The average molecular weight is 193 g/mol. The molecule has 1 fully saturated rings. The molecule has 0 N–H and O–H groups in total. The molecule has 0 amide bonds. The van der Waals surface area contributed by atoms with E-state index >= 15 is 0 Å². The SMILES string of the molecule is CSCCCC1CCC(Cl)C1. The molecule has 0 heterocycles. The fourth-order valence-electron chi connectivity index (χ4n) is 1.79. The van der Waals surface area contributed by atoms with E-state index < -0.39 is 0 Å². The first kappa shape index (κ1) is 9.73. The lowest BCUT2D eigenvalue weighted by atomic mass is 10.0. The third kappa shape index (κ3) is 3.71. The van der Waals surface area contributed by atoms with Crippen LogP contribution in [0, 0.1) is 5.92 Å². The van der Waals surface area contributed by atoms with Crippen LogP contribution >= 0.6 is 23.4 Å². The van der Waals surface area contributed by atoms with E-state index in [2.05, 4.69) is 6.26 Å². The van der Waals surface area contributed by atoms with Crippen LogP contribution in [-0.2, 0) is 0 Å². The lowest BCUT2D eigenvalue weighted by molar-refractivity contribution is 0.499. The third-order valence-corrected chi connectivity index (χ3v) is 3.53. The Morgan fingerprint density at radius 1 is 1.45 bits per heavy atom. The van der Waals surface area contributed by atoms with Crippen molar-refractivity contribution in [2.24, 2.45) is 5.92 Å². The second-order valence-corrected chi connectivity index (χ2v) is 5.01. The van der Waals surface area contributed by atoms with Crippen molar-refractivity contribution in [3.8, 4) is 0 Å². The first-order valence-electron chi connectivity index (χ1n) is 4.46. The van der Waals surface area contributed by atoms with E-state index in [0.29, 0.717) is 5.38 Å². The second-order valence-electron chi connectivity index (χ2n) is 3.41. The van der Waals surface area contributed by atoms with Gasteiger partial charge in [0.2, 0.25) is 0 Å². The van der Waals surface area contributed by atoms with Crippen LogP contribution in [0.5, 0.6) is 0 Å². The smallest absolute Gasteiger partial charge is 0.0338 e. The van der Waals surface area contributed by atoms with E-state index in [1.165, 1.54) is 37.9 Å². The number of hydrogen-bond donors (Lipinski definition) is 0. The van der Waals surface area contributed by atoms with E-state index in [-0.39, 0.29) is 0 Å². The highest BCUT2D eigenvalue weighted by Crippen LogP contribution is 2.32. The molecule has 0 bridgehead atoms. The van der Waals surface area contributed by atoms with E-state index in [4.69, 9.17) is 11.6 Å². The molecule has 0 spiro atoms. The standard InChI is InChI=1S/C9H17ClS/c1-11-6-2-3-8-4-5-9(10)7-8/h8-9H,2-7H2,1H3. The Morgan fingerprint density at radius 3 is 2.82 bits per heavy atom. The van der Waals surface area contributed by atoms with Crippen molar-refractivity contribution >= 4 is 23.4 Å². The van der Waals surface area contributed by atoms with E-state index in [0.717, 1.165) is 5.92 Å². The second kappa shape index (κ2) is 5.31. The maximum Gasteiger partial charge on any atom is 0.0338 e. The summed E-state index contributed by atoms with van der Waals surface area (Å²) >= 11 is 7.97. The molecule has 0 nitrogen and oxygen atoms in total. The minimum atomic E-state index is 0.495. The lowest BCUT2D eigenvalue weighted by Crippen LogP contribution is -1.96. The Hall–Kier alpha value is 0.640. The number of halogens is 1. The third-order valence-electron chi connectivity index (χ3n) is 2.44. The number of hydrogen-bond acceptors (Lipinski definition) is 1. The van der Waals surface area contributed by atoms with Gasteiger partial charge in [-0.05, 0) is 50.0 Å². The molecule has 0 saturated heterocycles. The van der Waals surface area contributed by atoms with Crippen molar-refractivity contribution in [2.45, 2.75) is 37.5 Å². The Kier molecular flexibility index (Phi) is 4.70. The van der Waals surface area contributed by atoms with Gasteiger partial charge in [-0.15, -0.1) is 11.6 Å². The lowest BCUT2D eigenvalue weighted by Gasteiger charge is -2.06. The molecule has 11 heavy (non-hydrogen) atoms. The predicted molar refractivity (Wildman–Crippen MR) is 54.6 cm³/mol. The highest BCUT2D eigenvalue weighted by molar-refractivity contribution is 7.98. The Labute approximate surface area is 79.1 Å². The zero-order valence-corrected chi connectivity index (χ0v) is 8.76. The molecule has 2 atom stereocenters. The van der Waals surface area contributed by atoms with Crippen molar-refractivity contribution in [3.05, 3.63) is 0 Å². The molecule has 1 aliphatic rings. The van der Waals surface area contributed by atoms with Gasteiger partial charge < -0.3 is 0 Å². The summed E-state index contributed by atoms with van der Waals surface area (Å²) in [6.45, 7) is 0. The molecule has 1 aliphatic carbocycles. The fraction of sp³-hybridized carbons (Fsp3) is 1.00. The van der Waals surface area contributed by atoms with Crippen LogP contribution in [0.2, 0.25) is 0 Å². The van der Waals surface area contributed by atoms with Gasteiger partial charge in [0, 0.05) is 5.38 Å². The highest BCUT2D eigenvalue weighted by Gasteiger charge is 2.21. The summed E-state index contributed by atoms with van der Waals surface area (Å²) in [6, 6.07) is 0. The molecule has 66 valence electrons. The van der Waals surface area contributed by atoms with Crippen LogP contribution in [-0.4, -0.2) is 17.4 Å². The van der Waals surface area contributed by atoms with Gasteiger partial charge in [0.1, 0.15) is 0 Å². The summed E-state index contributed by atoms with van der Waals surface area (Å²) in [5.74, 6) is 2.27. The van der Waals surface area contributed by atoms with Gasteiger partial charge in [0.05, 0.1) is 0 Å². The molecular formula is C9H17ClS. The zero-order chi connectivity index (χ0) is 8.10. The van der Waals surface area contributed by atoms with Crippen molar-refractivity contribution in [1.29, 1.82) is 0 Å². The monoisotopic (exact) mass is 192 g/mol. The quantitative estimate of drug-likeness (QED) is 0.485. The van der Waals surface area contributed by atoms with Crippen molar-refractivity contribution in [1.82, 2.24) is 0 Å². The molecule has 0 aliphatic heterocycles. The molecule has 1 rings (SSSR count). The van der Waals surface area contributed by atoms with Crippen molar-refractivity contribution < 1.29 is 0 Å². The maximum atomic E-state index is 6.01. The minimum absolute atomic E-state index is 0.495. The Balaban J connectivity index is 1.99. The molecule has 1 saturated carbocycles. The van der Waals surface area contributed by atoms with Crippen molar-refractivity contribution in [2.75, 3.05) is 12.0 Å². The van der Waals surface area contributed by atoms with Crippen LogP contribution in [0.1, 0.15) is 32.1 Å². The van der Waals surface area contributed by atoms with Crippen LogP contribution in [0.4, 0.5) is 0 Å². The molecule has 0 aromatic carbocycles. The van der Waals surface area contributed by atoms with Gasteiger partial charge >= 0.3 is 0 Å². The van der Waals surface area contributed by atoms with Gasteiger partial charge in [-0.2, -0.15) is 11.8 Å². The topological polar surface area (TPSA) is 0 Å². The summed E-state index contributed by atoms with van der Waals surface area (Å²) in [6.07, 6.45) is 8.88. The van der Waals surface area contributed by atoms with E-state index in [9.17, 15) is 0 Å². The summed E-state index contributed by atoms with van der Waals surface area (Å²) in [4.78, 5) is 0. The number of rotatable bonds is 4. The summed E-state index contributed by atoms with van der Waals surface area (Å²) in [7, 11) is 0. The normalized spacial score (nSPS) is 31.1. The van der Waals surface area contributed by atoms with Crippen LogP contribution in [0.25, 0.3) is 0 Å². The fourth-order valence-corrected chi connectivity index (χ4v) is 2.63. The molecule has 0 radical (unpaired) electrons. The molecule has 2 unspecified atom stereocenters. The van der Waals surface area contributed by atoms with Gasteiger partial charge in [-0.25, -0.2) is 0 Å². The molecule has 0 aromatic heterocycles. The summed E-state index contributed by atoms with van der Waals surface area (Å²) in [5.41, 5.74) is 0. The van der Waals surface area contributed by atoms with Crippen LogP contribution in [0.15, 0.2) is 0 Å². The first-order chi connectivity index (χ1) is 5.33. The van der Waals surface area contributed by atoms with Gasteiger partial charge in [0.15, 0.2) is 0 Å². The molecule has 2 heteroatoms. The van der Waals surface area contributed by atoms with Crippen molar-refractivity contribution in [3.63, 3.8) is 0 Å². The highest BCUT2D eigenvalue weighted by atomic mass is 35.5. The summed E-state index contributed by atoms with van der Waals surface area (Å²) < 4.78 is 0. The van der Waals surface area contributed by atoms with Gasteiger partial charge in [0.25, 0.3) is 0 Å². The van der Waals surface area contributed by atoms with E-state index in [1.54, 1.807) is 0 Å².